The summed E-state index contributed by atoms with van der Waals surface area (Å²) in [5.74, 6) is 5.70. The molecule has 0 fully saturated rings. The van der Waals surface area contributed by atoms with Crippen LogP contribution in [-0.4, -0.2) is 21.0 Å². The van der Waals surface area contributed by atoms with Crippen molar-refractivity contribution in [3.05, 3.63) is 29.3 Å². The minimum atomic E-state index is -3.47. The van der Waals surface area contributed by atoms with E-state index in [1.807, 2.05) is 13.8 Å². The monoisotopic (exact) mass is 308 g/mol. The summed E-state index contributed by atoms with van der Waals surface area (Å²) in [5.41, 5.74) is 6.98. The van der Waals surface area contributed by atoms with Crippen molar-refractivity contribution in [1.29, 1.82) is 0 Å². The molecule has 0 saturated heterocycles. The predicted molar refractivity (Wildman–Crippen MR) is 86.4 cm³/mol. The molecule has 0 aliphatic rings. The molecule has 0 radical (unpaired) electrons. The van der Waals surface area contributed by atoms with E-state index in [2.05, 4.69) is 23.5 Å². The molecule has 0 saturated carbocycles. The van der Waals surface area contributed by atoms with Gasteiger partial charge in [0, 0.05) is 11.6 Å². The minimum absolute atomic E-state index is 0.0630. The van der Waals surface area contributed by atoms with E-state index in [4.69, 9.17) is 5.73 Å². The van der Waals surface area contributed by atoms with Crippen molar-refractivity contribution in [3.8, 4) is 11.8 Å². The molecule has 0 spiro atoms. The normalized spacial score (nSPS) is 12.6. The molecule has 0 aromatic heterocycles. The van der Waals surface area contributed by atoms with Gasteiger partial charge in [0.2, 0.25) is 10.0 Å². The van der Waals surface area contributed by atoms with E-state index in [9.17, 15) is 8.42 Å². The van der Waals surface area contributed by atoms with Crippen molar-refractivity contribution in [2.45, 2.75) is 51.0 Å². The van der Waals surface area contributed by atoms with E-state index in [0.29, 0.717) is 0 Å². The molecule has 0 amide bonds. The van der Waals surface area contributed by atoms with Gasteiger partial charge in [-0.15, -0.1) is 0 Å². The standard InChI is InChI=1S/C16H24N2O2S/c1-4-5-7-14(3)18-21(19,20)16-10-9-15(8-6-11-17)13(2)12-16/h9-10,12,14,18H,4-5,7,11,17H2,1-3H3. The number of hydrogen-bond acceptors (Lipinski definition) is 3. The Morgan fingerprint density at radius 2 is 2.10 bits per heavy atom. The molecule has 1 rings (SSSR count). The number of hydrogen-bond donors (Lipinski definition) is 2. The zero-order valence-electron chi connectivity index (χ0n) is 12.9. The van der Waals surface area contributed by atoms with Crippen LogP contribution in [0.25, 0.3) is 0 Å². The van der Waals surface area contributed by atoms with Crippen LogP contribution in [0.4, 0.5) is 0 Å². The Hall–Kier alpha value is -1.35. The topological polar surface area (TPSA) is 72.2 Å². The van der Waals surface area contributed by atoms with E-state index < -0.39 is 10.0 Å². The third kappa shape index (κ3) is 5.50. The molecule has 4 nitrogen and oxygen atoms in total. The molecule has 0 aliphatic carbocycles. The summed E-state index contributed by atoms with van der Waals surface area (Å²) in [4.78, 5) is 0.279. The lowest BCUT2D eigenvalue weighted by atomic mass is 10.1. The van der Waals surface area contributed by atoms with Gasteiger partial charge in [-0.1, -0.05) is 31.6 Å². The maximum atomic E-state index is 12.3. The van der Waals surface area contributed by atoms with Crippen LogP contribution >= 0.6 is 0 Å². The molecule has 116 valence electrons. The van der Waals surface area contributed by atoms with Crippen molar-refractivity contribution in [3.63, 3.8) is 0 Å². The van der Waals surface area contributed by atoms with Gasteiger partial charge >= 0.3 is 0 Å². The molecule has 0 bridgehead atoms. The Morgan fingerprint density at radius 1 is 1.38 bits per heavy atom. The Balaban J connectivity index is 2.91. The van der Waals surface area contributed by atoms with Crippen LogP contribution in [0.1, 0.15) is 44.2 Å². The van der Waals surface area contributed by atoms with Gasteiger partial charge in [-0.05, 0) is 44.0 Å². The van der Waals surface area contributed by atoms with Crippen LogP contribution in [0.3, 0.4) is 0 Å². The fraction of sp³-hybridized carbons (Fsp3) is 0.500. The quantitative estimate of drug-likeness (QED) is 0.791. The highest BCUT2D eigenvalue weighted by Gasteiger charge is 2.17. The van der Waals surface area contributed by atoms with E-state index >= 15 is 0 Å². The summed E-state index contributed by atoms with van der Waals surface area (Å²) in [6.45, 7) is 6.11. The summed E-state index contributed by atoms with van der Waals surface area (Å²) in [5, 5.41) is 0. The second kappa shape index (κ2) is 8.18. The first-order chi connectivity index (χ1) is 9.90. The van der Waals surface area contributed by atoms with Gasteiger partial charge in [0.25, 0.3) is 0 Å². The lowest BCUT2D eigenvalue weighted by Gasteiger charge is -2.14. The van der Waals surface area contributed by atoms with Crippen molar-refractivity contribution in [2.24, 2.45) is 5.73 Å². The number of unbranched alkanes of at least 4 members (excludes halogenated alkanes) is 1. The first-order valence-electron chi connectivity index (χ1n) is 7.22. The lowest BCUT2D eigenvalue weighted by molar-refractivity contribution is 0.534. The zero-order valence-corrected chi connectivity index (χ0v) is 13.8. The molecular formula is C16H24N2O2S. The Labute approximate surface area is 128 Å². The van der Waals surface area contributed by atoms with E-state index in [-0.39, 0.29) is 17.5 Å². The van der Waals surface area contributed by atoms with Gasteiger partial charge in [0.1, 0.15) is 0 Å². The van der Waals surface area contributed by atoms with Gasteiger partial charge in [0.15, 0.2) is 0 Å². The van der Waals surface area contributed by atoms with Crippen LogP contribution < -0.4 is 10.5 Å². The molecule has 1 atom stereocenters. The van der Waals surface area contributed by atoms with Crippen molar-refractivity contribution >= 4 is 10.0 Å². The molecule has 5 heteroatoms. The third-order valence-corrected chi connectivity index (χ3v) is 4.77. The van der Waals surface area contributed by atoms with Crippen molar-refractivity contribution in [2.75, 3.05) is 6.54 Å². The van der Waals surface area contributed by atoms with E-state index in [0.717, 1.165) is 30.4 Å². The second-order valence-corrected chi connectivity index (χ2v) is 6.86. The number of nitrogens with one attached hydrogen (secondary N) is 1. The number of nitrogens with two attached hydrogens (primary N) is 1. The summed E-state index contributed by atoms with van der Waals surface area (Å²) in [7, 11) is -3.47. The minimum Gasteiger partial charge on any atom is -0.320 e. The average molecular weight is 308 g/mol. The van der Waals surface area contributed by atoms with Crippen molar-refractivity contribution in [1.82, 2.24) is 4.72 Å². The highest BCUT2D eigenvalue weighted by molar-refractivity contribution is 7.89. The zero-order chi connectivity index (χ0) is 15.9. The number of sulfonamides is 1. The Morgan fingerprint density at radius 3 is 2.67 bits per heavy atom. The van der Waals surface area contributed by atoms with Crippen LogP contribution in [0.5, 0.6) is 0 Å². The molecule has 0 heterocycles. The highest BCUT2D eigenvalue weighted by atomic mass is 32.2. The number of rotatable bonds is 6. The SMILES string of the molecule is CCCCC(C)NS(=O)(=O)c1ccc(C#CCN)c(C)c1. The summed E-state index contributed by atoms with van der Waals surface area (Å²) in [6, 6.07) is 4.90. The molecule has 1 aromatic carbocycles. The predicted octanol–water partition coefficient (Wildman–Crippen LogP) is 2.16. The molecule has 1 aromatic rings. The van der Waals surface area contributed by atoms with E-state index in [1.54, 1.807) is 18.2 Å². The van der Waals surface area contributed by atoms with Gasteiger partial charge in [-0.3, -0.25) is 0 Å². The Bertz CT molecular complexity index is 627. The van der Waals surface area contributed by atoms with Crippen LogP contribution in [0.15, 0.2) is 23.1 Å². The molecule has 0 aliphatic heterocycles. The first-order valence-corrected chi connectivity index (χ1v) is 8.71. The highest BCUT2D eigenvalue weighted by Crippen LogP contribution is 2.16. The molecule has 3 N–H and O–H groups in total. The Kier molecular flexibility index (Phi) is 6.90. The van der Waals surface area contributed by atoms with Crippen molar-refractivity contribution < 1.29 is 8.42 Å². The first kappa shape index (κ1) is 17.7. The van der Waals surface area contributed by atoms with Gasteiger partial charge in [-0.25, -0.2) is 13.1 Å². The number of aryl methyl sites for hydroxylation is 1. The maximum absolute atomic E-state index is 12.3. The lowest BCUT2D eigenvalue weighted by Crippen LogP contribution is -2.32. The maximum Gasteiger partial charge on any atom is 0.240 e. The van der Waals surface area contributed by atoms with Gasteiger partial charge < -0.3 is 5.73 Å². The molecular weight excluding hydrogens is 284 g/mol. The average Bonchev–Trinajstić information content (AvgIpc) is 2.43. The molecule has 21 heavy (non-hydrogen) atoms. The summed E-state index contributed by atoms with van der Waals surface area (Å²) in [6.07, 6.45) is 2.91. The third-order valence-electron chi connectivity index (χ3n) is 3.18. The fourth-order valence-corrected chi connectivity index (χ4v) is 3.35. The fourth-order valence-electron chi connectivity index (χ4n) is 1.99. The second-order valence-electron chi connectivity index (χ2n) is 5.15. The van der Waals surface area contributed by atoms with E-state index in [1.165, 1.54) is 0 Å². The van der Waals surface area contributed by atoms with Crippen LogP contribution in [0, 0.1) is 18.8 Å². The number of benzene rings is 1. The molecule has 1 unspecified atom stereocenters. The van der Waals surface area contributed by atoms with Crippen LogP contribution in [-0.2, 0) is 10.0 Å². The van der Waals surface area contributed by atoms with Gasteiger partial charge in [0.05, 0.1) is 11.4 Å². The summed E-state index contributed by atoms with van der Waals surface area (Å²) >= 11 is 0. The smallest absolute Gasteiger partial charge is 0.240 e. The van der Waals surface area contributed by atoms with Crippen LogP contribution in [0.2, 0.25) is 0 Å². The van der Waals surface area contributed by atoms with Gasteiger partial charge in [-0.2, -0.15) is 0 Å². The largest absolute Gasteiger partial charge is 0.320 e. The summed E-state index contributed by atoms with van der Waals surface area (Å²) < 4.78 is 27.3.